The molecule has 0 saturated heterocycles. The molecule has 0 aliphatic heterocycles. The third kappa shape index (κ3) is 2.48. The Morgan fingerprint density at radius 2 is 1.88 bits per heavy atom. The maximum absolute atomic E-state index is 9.32. The molecule has 4 rings (SSSR count). The summed E-state index contributed by atoms with van der Waals surface area (Å²) in [4.78, 5) is 4.50. The molecule has 0 spiro atoms. The molecule has 0 atom stereocenters. The van der Waals surface area contributed by atoms with Crippen LogP contribution in [0.3, 0.4) is 0 Å². The summed E-state index contributed by atoms with van der Waals surface area (Å²) in [6.45, 7) is 2.67. The SMILES string of the molecule is CCCOc1c2cnc3c(C#N)cccc3c2nn1-c1ccccc1. The Morgan fingerprint density at radius 1 is 1.04 bits per heavy atom. The lowest BCUT2D eigenvalue weighted by Gasteiger charge is -2.08. The van der Waals surface area contributed by atoms with Gasteiger partial charge in [-0.25, -0.2) is 0 Å². The molecule has 0 amide bonds. The Kier molecular flexibility index (Phi) is 3.79. The van der Waals surface area contributed by atoms with Gasteiger partial charge in [-0.15, -0.1) is 0 Å². The lowest BCUT2D eigenvalue weighted by atomic mass is 10.1. The molecule has 25 heavy (non-hydrogen) atoms. The molecule has 0 radical (unpaired) electrons. The van der Waals surface area contributed by atoms with Crippen molar-refractivity contribution in [2.75, 3.05) is 6.61 Å². The van der Waals surface area contributed by atoms with E-state index in [1.807, 2.05) is 42.5 Å². The van der Waals surface area contributed by atoms with Gasteiger partial charge in [0.25, 0.3) is 0 Å². The molecule has 2 aromatic heterocycles. The third-order valence-electron chi connectivity index (χ3n) is 4.06. The van der Waals surface area contributed by atoms with Crippen molar-refractivity contribution in [3.63, 3.8) is 0 Å². The van der Waals surface area contributed by atoms with Crippen molar-refractivity contribution in [1.29, 1.82) is 5.26 Å². The van der Waals surface area contributed by atoms with Crippen LogP contribution < -0.4 is 4.74 Å². The number of rotatable bonds is 4. The Morgan fingerprint density at radius 3 is 2.64 bits per heavy atom. The molecule has 0 aliphatic carbocycles. The highest BCUT2D eigenvalue weighted by Gasteiger charge is 2.17. The maximum Gasteiger partial charge on any atom is 0.226 e. The van der Waals surface area contributed by atoms with Gasteiger partial charge in [0.2, 0.25) is 5.88 Å². The summed E-state index contributed by atoms with van der Waals surface area (Å²) in [6.07, 6.45) is 2.65. The molecule has 0 unspecified atom stereocenters. The number of hydrogen-bond donors (Lipinski definition) is 0. The summed E-state index contributed by atoms with van der Waals surface area (Å²) >= 11 is 0. The molecule has 0 bridgehead atoms. The van der Waals surface area contributed by atoms with E-state index in [1.165, 1.54) is 0 Å². The van der Waals surface area contributed by atoms with Gasteiger partial charge in [-0.1, -0.05) is 37.3 Å². The fourth-order valence-corrected chi connectivity index (χ4v) is 2.90. The van der Waals surface area contributed by atoms with E-state index >= 15 is 0 Å². The largest absolute Gasteiger partial charge is 0.477 e. The van der Waals surface area contributed by atoms with Crippen LogP contribution in [0, 0.1) is 11.3 Å². The van der Waals surface area contributed by atoms with Gasteiger partial charge in [0.05, 0.1) is 28.8 Å². The Hall–Kier alpha value is -3.39. The first-order valence-electron chi connectivity index (χ1n) is 8.22. The van der Waals surface area contributed by atoms with Crippen molar-refractivity contribution in [2.45, 2.75) is 13.3 Å². The van der Waals surface area contributed by atoms with E-state index in [9.17, 15) is 5.26 Å². The number of aromatic nitrogens is 3. The van der Waals surface area contributed by atoms with E-state index in [4.69, 9.17) is 9.84 Å². The van der Waals surface area contributed by atoms with Crippen molar-refractivity contribution in [3.8, 4) is 17.6 Å². The fourth-order valence-electron chi connectivity index (χ4n) is 2.90. The first-order chi connectivity index (χ1) is 12.3. The predicted octanol–water partition coefficient (Wildman–Crippen LogP) is 4.23. The lowest BCUT2D eigenvalue weighted by molar-refractivity contribution is 0.299. The molecule has 2 aromatic carbocycles. The second-order valence-electron chi connectivity index (χ2n) is 5.73. The fraction of sp³-hybridized carbons (Fsp3) is 0.150. The molecular weight excluding hydrogens is 312 g/mol. The molecule has 0 saturated carbocycles. The number of nitriles is 1. The van der Waals surface area contributed by atoms with Crippen LogP contribution in [0.4, 0.5) is 0 Å². The zero-order chi connectivity index (χ0) is 17.2. The van der Waals surface area contributed by atoms with Crippen LogP contribution in [0.15, 0.2) is 54.7 Å². The first kappa shape index (κ1) is 15.2. The molecule has 0 N–H and O–H groups in total. The molecule has 5 nitrogen and oxygen atoms in total. The number of hydrogen-bond acceptors (Lipinski definition) is 4. The summed E-state index contributed by atoms with van der Waals surface area (Å²) in [5.74, 6) is 0.680. The van der Waals surface area contributed by atoms with Crippen molar-refractivity contribution < 1.29 is 4.74 Å². The summed E-state index contributed by atoms with van der Waals surface area (Å²) in [5.41, 5.74) is 2.92. The van der Waals surface area contributed by atoms with Crippen molar-refractivity contribution in [3.05, 3.63) is 60.3 Å². The van der Waals surface area contributed by atoms with E-state index < -0.39 is 0 Å². The topological polar surface area (TPSA) is 63.7 Å². The zero-order valence-corrected chi connectivity index (χ0v) is 13.8. The van der Waals surface area contributed by atoms with Crippen LogP contribution in [-0.4, -0.2) is 21.4 Å². The standard InChI is InChI=1S/C20H16N4O/c1-2-11-25-20-17-13-22-18-14(12-21)7-6-10-16(18)19(17)23-24(20)15-8-4-3-5-9-15/h3-10,13H,2,11H2,1H3. The van der Waals surface area contributed by atoms with E-state index in [0.29, 0.717) is 23.6 Å². The predicted molar refractivity (Wildman–Crippen MR) is 96.9 cm³/mol. The maximum atomic E-state index is 9.32. The van der Waals surface area contributed by atoms with Gasteiger partial charge in [-0.05, 0) is 24.6 Å². The average Bonchev–Trinajstić information content (AvgIpc) is 3.05. The van der Waals surface area contributed by atoms with E-state index in [2.05, 4.69) is 18.0 Å². The van der Waals surface area contributed by atoms with Crippen LogP contribution in [-0.2, 0) is 0 Å². The van der Waals surface area contributed by atoms with Crippen LogP contribution in [0.25, 0.3) is 27.5 Å². The van der Waals surface area contributed by atoms with E-state index in [0.717, 1.165) is 28.4 Å². The van der Waals surface area contributed by atoms with Gasteiger partial charge in [0.15, 0.2) is 0 Å². The molecule has 2 heterocycles. The normalized spacial score (nSPS) is 10.9. The third-order valence-corrected chi connectivity index (χ3v) is 4.06. The van der Waals surface area contributed by atoms with Gasteiger partial charge in [0.1, 0.15) is 11.6 Å². The number of pyridine rings is 1. The number of nitrogens with zero attached hydrogens (tertiary/aromatic N) is 4. The smallest absolute Gasteiger partial charge is 0.226 e. The first-order valence-corrected chi connectivity index (χ1v) is 8.22. The number of ether oxygens (including phenoxy) is 1. The second kappa shape index (κ2) is 6.25. The number of fused-ring (bicyclic) bond motifs is 3. The van der Waals surface area contributed by atoms with Gasteiger partial charge >= 0.3 is 0 Å². The monoisotopic (exact) mass is 328 g/mol. The van der Waals surface area contributed by atoms with Gasteiger partial charge in [-0.2, -0.15) is 15.0 Å². The van der Waals surface area contributed by atoms with Crippen LogP contribution >= 0.6 is 0 Å². The highest BCUT2D eigenvalue weighted by atomic mass is 16.5. The summed E-state index contributed by atoms with van der Waals surface area (Å²) < 4.78 is 7.80. The van der Waals surface area contributed by atoms with Crippen LogP contribution in [0.2, 0.25) is 0 Å². The van der Waals surface area contributed by atoms with E-state index in [1.54, 1.807) is 16.9 Å². The molecule has 122 valence electrons. The number of para-hydroxylation sites is 2. The lowest BCUT2D eigenvalue weighted by Crippen LogP contribution is -2.03. The number of benzene rings is 2. The van der Waals surface area contributed by atoms with Gasteiger partial charge < -0.3 is 4.74 Å². The summed E-state index contributed by atoms with van der Waals surface area (Å²) in [6, 6.07) is 17.6. The van der Waals surface area contributed by atoms with E-state index in [-0.39, 0.29) is 0 Å². The van der Waals surface area contributed by atoms with Gasteiger partial charge in [-0.3, -0.25) is 4.98 Å². The second-order valence-corrected chi connectivity index (χ2v) is 5.73. The molecule has 4 aromatic rings. The zero-order valence-electron chi connectivity index (χ0n) is 13.8. The minimum atomic E-state index is 0.546. The van der Waals surface area contributed by atoms with Gasteiger partial charge in [0, 0.05) is 11.6 Å². The quantitative estimate of drug-likeness (QED) is 0.562. The molecule has 0 aliphatic rings. The highest BCUT2D eigenvalue weighted by Crippen LogP contribution is 2.33. The van der Waals surface area contributed by atoms with Crippen LogP contribution in [0.5, 0.6) is 5.88 Å². The van der Waals surface area contributed by atoms with Crippen molar-refractivity contribution >= 4 is 21.8 Å². The Labute approximate surface area is 145 Å². The minimum Gasteiger partial charge on any atom is -0.477 e. The highest BCUT2D eigenvalue weighted by molar-refractivity contribution is 6.06. The Bertz CT molecular complexity index is 1090. The summed E-state index contributed by atoms with van der Waals surface area (Å²) in [5, 5.41) is 15.8. The van der Waals surface area contributed by atoms with Crippen molar-refractivity contribution in [1.82, 2.24) is 14.8 Å². The van der Waals surface area contributed by atoms with Crippen molar-refractivity contribution in [2.24, 2.45) is 0 Å². The molecule has 5 heteroatoms. The average molecular weight is 328 g/mol. The Balaban J connectivity index is 2.05. The van der Waals surface area contributed by atoms with Crippen LogP contribution in [0.1, 0.15) is 18.9 Å². The minimum absolute atomic E-state index is 0.546. The summed E-state index contributed by atoms with van der Waals surface area (Å²) in [7, 11) is 0. The molecule has 0 fully saturated rings. The molecular formula is C20H16N4O.